The van der Waals surface area contributed by atoms with Gasteiger partial charge >= 0.3 is 0 Å². The van der Waals surface area contributed by atoms with Crippen LogP contribution in [0.4, 0.5) is 0 Å². The van der Waals surface area contributed by atoms with Crippen LogP contribution in [0.15, 0.2) is 43.0 Å². The van der Waals surface area contributed by atoms with E-state index >= 15 is 0 Å². The maximum absolute atomic E-state index is 6.10. The van der Waals surface area contributed by atoms with Crippen molar-refractivity contribution < 1.29 is 0 Å². The van der Waals surface area contributed by atoms with E-state index in [0.717, 1.165) is 16.8 Å². The predicted octanol–water partition coefficient (Wildman–Crippen LogP) is 3.70. The third-order valence-corrected chi connectivity index (χ3v) is 2.99. The molecule has 0 unspecified atom stereocenters. The molecule has 0 aliphatic heterocycles. The van der Waals surface area contributed by atoms with Crippen molar-refractivity contribution in [2.45, 2.75) is 0 Å². The molecule has 0 aliphatic carbocycles. The third-order valence-electron chi connectivity index (χ3n) is 2.51. The topological polar surface area (TPSA) is 30.2 Å². The summed E-state index contributed by atoms with van der Waals surface area (Å²) in [5.74, 6) is 0. The molecule has 0 amide bonds. The molecule has 0 radical (unpaired) electrons. The monoisotopic (exact) mass is 263 g/mol. The van der Waals surface area contributed by atoms with Gasteiger partial charge in [0.25, 0.3) is 0 Å². The Kier molecular flexibility index (Phi) is 2.50. The van der Waals surface area contributed by atoms with E-state index in [0.29, 0.717) is 10.2 Å². The smallest absolute Gasteiger partial charge is 0.148 e. The van der Waals surface area contributed by atoms with Gasteiger partial charge in [0.05, 0.1) is 5.02 Å². The molecule has 0 bridgehead atoms. The maximum atomic E-state index is 6.10. The molecule has 0 aromatic carbocycles. The minimum Gasteiger partial charge on any atom is -0.305 e. The van der Waals surface area contributed by atoms with Gasteiger partial charge in [-0.25, -0.2) is 4.98 Å². The second kappa shape index (κ2) is 4.02. The molecule has 0 atom stereocenters. The van der Waals surface area contributed by atoms with Crippen LogP contribution in [0.5, 0.6) is 0 Å². The van der Waals surface area contributed by atoms with Crippen molar-refractivity contribution in [1.82, 2.24) is 14.4 Å². The number of halogens is 2. The molecule has 3 rings (SSSR count). The molecule has 0 N–H and O–H groups in total. The van der Waals surface area contributed by atoms with Gasteiger partial charge < -0.3 is 4.40 Å². The van der Waals surface area contributed by atoms with Crippen LogP contribution in [-0.2, 0) is 0 Å². The van der Waals surface area contributed by atoms with Crippen molar-refractivity contribution in [1.29, 1.82) is 0 Å². The number of hydrogen-bond acceptors (Lipinski definition) is 2. The predicted molar refractivity (Wildman–Crippen MR) is 68.4 cm³/mol. The SMILES string of the molecule is Clc1cn2cc(-c3ccncc3Cl)ccc2n1. The van der Waals surface area contributed by atoms with Crippen molar-refractivity contribution in [3.05, 3.63) is 53.2 Å². The average molecular weight is 264 g/mol. The quantitative estimate of drug-likeness (QED) is 0.670. The molecule has 3 heterocycles. The van der Waals surface area contributed by atoms with Crippen LogP contribution in [0.3, 0.4) is 0 Å². The van der Waals surface area contributed by atoms with Gasteiger partial charge in [-0.15, -0.1) is 0 Å². The second-order valence-electron chi connectivity index (χ2n) is 3.60. The van der Waals surface area contributed by atoms with Gasteiger partial charge in [0.2, 0.25) is 0 Å². The number of imidazole rings is 1. The van der Waals surface area contributed by atoms with Gasteiger partial charge in [0, 0.05) is 35.9 Å². The summed E-state index contributed by atoms with van der Waals surface area (Å²) in [7, 11) is 0. The van der Waals surface area contributed by atoms with Crippen LogP contribution in [0.1, 0.15) is 0 Å². The summed E-state index contributed by atoms with van der Waals surface area (Å²) in [5, 5.41) is 1.10. The largest absolute Gasteiger partial charge is 0.305 e. The number of nitrogens with zero attached hydrogens (tertiary/aromatic N) is 3. The Hall–Kier alpha value is -1.58. The molecule has 84 valence electrons. The molecule has 0 saturated heterocycles. The molecule has 3 aromatic rings. The first-order chi connectivity index (χ1) is 8.24. The zero-order valence-electron chi connectivity index (χ0n) is 8.64. The first-order valence-corrected chi connectivity index (χ1v) is 5.74. The lowest BCUT2D eigenvalue weighted by molar-refractivity contribution is 1.19. The van der Waals surface area contributed by atoms with E-state index in [1.807, 2.05) is 28.8 Å². The van der Waals surface area contributed by atoms with E-state index in [9.17, 15) is 0 Å². The number of fused-ring (bicyclic) bond motifs is 1. The van der Waals surface area contributed by atoms with E-state index in [4.69, 9.17) is 23.2 Å². The van der Waals surface area contributed by atoms with E-state index in [-0.39, 0.29) is 0 Å². The molecular weight excluding hydrogens is 257 g/mol. The highest BCUT2D eigenvalue weighted by Crippen LogP contribution is 2.27. The van der Waals surface area contributed by atoms with Gasteiger partial charge in [0.1, 0.15) is 10.8 Å². The van der Waals surface area contributed by atoms with Gasteiger partial charge in [0.15, 0.2) is 0 Å². The van der Waals surface area contributed by atoms with Gasteiger partial charge in [-0.05, 0) is 18.2 Å². The Morgan fingerprint density at radius 1 is 1.06 bits per heavy atom. The summed E-state index contributed by atoms with van der Waals surface area (Å²) in [6.07, 6.45) is 7.04. The first kappa shape index (κ1) is 10.6. The number of pyridine rings is 2. The third kappa shape index (κ3) is 1.88. The van der Waals surface area contributed by atoms with Crippen LogP contribution >= 0.6 is 23.2 Å². The fourth-order valence-electron chi connectivity index (χ4n) is 1.73. The average Bonchev–Trinajstić information content (AvgIpc) is 2.68. The Morgan fingerprint density at radius 2 is 1.94 bits per heavy atom. The van der Waals surface area contributed by atoms with Gasteiger partial charge in [-0.2, -0.15) is 0 Å². The Morgan fingerprint density at radius 3 is 2.76 bits per heavy atom. The minimum atomic E-state index is 0.475. The molecule has 0 aliphatic rings. The van der Waals surface area contributed by atoms with Gasteiger partial charge in [-0.3, -0.25) is 4.98 Å². The Labute approximate surface area is 108 Å². The lowest BCUT2D eigenvalue weighted by Gasteiger charge is -2.04. The van der Waals surface area contributed by atoms with Crippen LogP contribution in [0.2, 0.25) is 10.2 Å². The molecule has 3 aromatic heterocycles. The van der Waals surface area contributed by atoms with Crippen molar-refractivity contribution in [3.8, 4) is 11.1 Å². The van der Waals surface area contributed by atoms with E-state index in [1.165, 1.54) is 0 Å². The maximum Gasteiger partial charge on any atom is 0.148 e. The van der Waals surface area contributed by atoms with E-state index in [2.05, 4.69) is 9.97 Å². The van der Waals surface area contributed by atoms with E-state index in [1.54, 1.807) is 18.6 Å². The summed E-state index contributed by atoms with van der Waals surface area (Å²) >= 11 is 11.9. The van der Waals surface area contributed by atoms with Crippen LogP contribution in [-0.4, -0.2) is 14.4 Å². The van der Waals surface area contributed by atoms with Crippen LogP contribution in [0.25, 0.3) is 16.8 Å². The van der Waals surface area contributed by atoms with Crippen molar-refractivity contribution >= 4 is 28.8 Å². The zero-order chi connectivity index (χ0) is 11.8. The van der Waals surface area contributed by atoms with Crippen LogP contribution < -0.4 is 0 Å². The molecule has 0 saturated carbocycles. The summed E-state index contributed by atoms with van der Waals surface area (Å²) in [6.45, 7) is 0. The fourth-order valence-corrected chi connectivity index (χ4v) is 2.15. The second-order valence-corrected chi connectivity index (χ2v) is 4.40. The standard InChI is InChI=1S/C12H7Cl2N3/c13-10-5-15-4-3-9(10)8-1-2-12-16-11(14)7-17(12)6-8/h1-7H. The number of rotatable bonds is 1. The van der Waals surface area contributed by atoms with E-state index < -0.39 is 0 Å². The Balaban J connectivity index is 2.21. The molecular formula is C12H7Cl2N3. The molecule has 3 nitrogen and oxygen atoms in total. The highest BCUT2D eigenvalue weighted by Gasteiger charge is 2.05. The minimum absolute atomic E-state index is 0.475. The highest BCUT2D eigenvalue weighted by molar-refractivity contribution is 6.33. The van der Waals surface area contributed by atoms with Crippen molar-refractivity contribution in [2.24, 2.45) is 0 Å². The summed E-state index contributed by atoms with van der Waals surface area (Å²) < 4.78 is 1.87. The fraction of sp³-hybridized carbons (Fsp3) is 0. The molecule has 17 heavy (non-hydrogen) atoms. The van der Waals surface area contributed by atoms with Gasteiger partial charge in [-0.1, -0.05) is 23.2 Å². The number of aromatic nitrogens is 3. The lowest BCUT2D eigenvalue weighted by atomic mass is 10.1. The molecule has 5 heteroatoms. The highest BCUT2D eigenvalue weighted by atomic mass is 35.5. The van der Waals surface area contributed by atoms with Crippen molar-refractivity contribution in [3.63, 3.8) is 0 Å². The molecule has 0 fully saturated rings. The zero-order valence-corrected chi connectivity index (χ0v) is 10.2. The number of hydrogen-bond donors (Lipinski definition) is 0. The van der Waals surface area contributed by atoms with Crippen molar-refractivity contribution in [2.75, 3.05) is 0 Å². The normalized spacial score (nSPS) is 10.9. The Bertz CT molecular complexity index is 691. The first-order valence-electron chi connectivity index (χ1n) is 4.98. The summed E-state index contributed by atoms with van der Waals surface area (Å²) in [4.78, 5) is 8.12. The van der Waals surface area contributed by atoms with Crippen LogP contribution in [0, 0.1) is 0 Å². The molecule has 0 spiro atoms. The lowest BCUT2D eigenvalue weighted by Crippen LogP contribution is -1.86. The summed E-state index contributed by atoms with van der Waals surface area (Å²) in [5.41, 5.74) is 2.75. The summed E-state index contributed by atoms with van der Waals surface area (Å²) in [6, 6.07) is 5.74.